The molecule has 4 rings (SSSR count). The largest absolute Gasteiger partial charge is 0.507 e. The number of nitrogens with two attached hydrogens (primary N) is 1. The molecule has 7 nitrogen and oxygen atoms in total. The first-order valence-corrected chi connectivity index (χ1v) is 11.9. The van der Waals surface area contributed by atoms with Crippen molar-refractivity contribution in [3.05, 3.63) is 46.6 Å². The van der Waals surface area contributed by atoms with E-state index in [2.05, 4.69) is 20.9 Å². The number of ether oxygens (including phenoxy) is 1. The number of likely N-dealkylation sites (tertiary alicyclic amines) is 1. The number of aliphatic imine (C=N–C) groups is 2. The number of carbonyl (C=O) groups is 1. The number of hydrogen-bond donors (Lipinski definition) is 2. The number of benzene rings is 1. The summed E-state index contributed by atoms with van der Waals surface area (Å²) >= 11 is 3.47. The highest BCUT2D eigenvalue weighted by molar-refractivity contribution is 9.12. The highest BCUT2D eigenvalue weighted by atomic mass is 79.9. The summed E-state index contributed by atoms with van der Waals surface area (Å²) in [6, 6.07) is 7.15. The van der Waals surface area contributed by atoms with Crippen LogP contribution in [0.15, 0.2) is 51.0 Å². The van der Waals surface area contributed by atoms with E-state index < -0.39 is 0 Å². The number of piperidine rings is 1. The van der Waals surface area contributed by atoms with E-state index in [1.165, 1.54) is 6.20 Å². The van der Waals surface area contributed by atoms with Gasteiger partial charge in [-0.25, -0.2) is 0 Å². The standard InChI is InChI=1S/C24H29BrN4O3/c25-20(13-26)22-12-18(11-21(28-22)19-3-1-2-4-23(19)30)27-14-16-5-8-29(9-6-16)24(31)17-7-10-32-15-17/h1-4,11,13,16-17,30H,5-10,12,14-15,26H2. The highest BCUT2D eigenvalue weighted by Gasteiger charge is 2.30. The van der Waals surface area contributed by atoms with Gasteiger partial charge in [0.1, 0.15) is 5.75 Å². The van der Waals surface area contributed by atoms with Crippen molar-refractivity contribution in [2.75, 3.05) is 32.8 Å². The summed E-state index contributed by atoms with van der Waals surface area (Å²) in [6.07, 6.45) is 6.75. The molecule has 0 aliphatic carbocycles. The summed E-state index contributed by atoms with van der Waals surface area (Å²) in [6.45, 7) is 3.55. The number of halogens is 1. The molecule has 2 fully saturated rings. The molecule has 0 radical (unpaired) electrons. The monoisotopic (exact) mass is 500 g/mol. The average Bonchev–Trinajstić information content (AvgIpc) is 3.37. The Morgan fingerprint density at radius 3 is 2.78 bits per heavy atom. The molecule has 3 N–H and O–H groups in total. The first-order chi connectivity index (χ1) is 15.5. The van der Waals surface area contributed by atoms with Crippen LogP contribution in [0.1, 0.15) is 31.2 Å². The van der Waals surface area contributed by atoms with Gasteiger partial charge in [0.05, 0.1) is 28.4 Å². The van der Waals surface area contributed by atoms with E-state index >= 15 is 0 Å². The van der Waals surface area contributed by atoms with Crippen LogP contribution in [0.4, 0.5) is 0 Å². The molecule has 32 heavy (non-hydrogen) atoms. The number of aromatic hydroxyl groups is 1. The number of hydrogen-bond acceptors (Lipinski definition) is 6. The van der Waals surface area contributed by atoms with Gasteiger partial charge in [0.25, 0.3) is 0 Å². The Hall–Kier alpha value is -2.45. The first-order valence-electron chi connectivity index (χ1n) is 11.1. The maximum atomic E-state index is 12.6. The molecule has 1 amide bonds. The lowest BCUT2D eigenvalue weighted by Crippen LogP contribution is -2.42. The van der Waals surface area contributed by atoms with Crippen LogP contribution >= 0.6 is 15.9 Å². The van der Waals surface area contributed by atoms with Crippen molar-refractivity contribution in [3.63, 3.8) is 0 Å². The number of allylic oxidation sites excluding steroid dienone is 2. The molecule has 1 atom stereocenters. The van der Waals surface area contributed by atoms with Crippen LogP contribution in [0.25, 0.3) is 5.70 Å². The molecule has 1 aromatic rings. The molecule has 0 bridgehead atoms. The molecule has 3 heterocycles. The zero-order valence-electron chi connectivity index (χ0n) is 18.0. The summed E-state index contributed by atoms with van der Waals surface area (Å²) in [5, 5.41) is 10.3. The maximum Gasteiger partial charge on any atom is 0.228 e. The summed E-state index contributed by atoms with van der Waals surface area (Å²) < 4.78 is 6.08. The van der Waals surface area contributed by atoms with E-state index in [1.54, 1.807) is 12.1 Å². The number of para-hydroxylation sites is 1. The van der Waals surface area contributed by atoms with Crippen molar-refractivity contribution < 1.29 is 14.6 Å². The number of rotatable bonds is 5. The van der Waals surface area contributed by atoms with Gasteiger partial charge in [-0.05, 0) is 59.3 Å². The molecule has 3 aliphatic rings. The molecule has 0 saturated carbocycles. The summed E-state index contributed by atoms with van der Waals surface area (Å²) in [5.74, 6) is 0.914. The van der Waals surface area contributed by atoms with E-state index in [4.69, 9.17) is 15.5 Å². The van der Waals surface area contributed by atoms with Crippen molar-refractivity contribution in [1.29, 1.82) is 0 Å². The molecule has 0 spiro atoms. The zero-order valence-corrected chi connectivity index (χ0v) is 19.6. The smallest absolute Gasteiger partial charge is 0.228 e. The fourth-order valence-corrected chi connectivity index (χ4v) is 4.56. The van der Waals surface area contributed by atoms with Gasteiger partial charge in [-0.3, -0.25) is 14.8 Å². The Labute approximate surface area is 196 Å². The highest BCUT2D eigenvalue weighted by Crippen LogP contribution is 2.30. The minimum absolute atomic E-state index is 0.0405. The normalized spacial score (nSPS) is 23.9. The van der Waals surface area contributed by atoms with Gasteiger partial charge in [0, 0.05) is 50.1 Å². The topological polar surface area (TPSA) is 101 Å². The quantitative estimate of drug-likeness (QED) is 0.645. The van der Waals surface area contributed by atoms with E-state index in [0.717, 1.165) is 43.8 Å². The Kier molecular flexibility index (Phi) is 7.42. The summed E-state index contributed by atoms with van der Waals surface area (Å²) in [5.41, 5.74) is 8.72. The molecule has 8 heteroatoms. The molecular formula is C24H29BrN4O3. The van der Waals surface area contributed by atoms with Crippen LogP contribution in [0, 0.1) is 11.8 Å². The van der Waals surface area contributed by atoms with Gasteiger partial charge >= 0.3 is 0 Å². The molecule has 3 aliphatic heterocycles. The lowest BCUT2D eigenvalue weighted by molar-refractivity contribution is -0.136. The van der Waals surface area contributed by atoms with Crippen molar-refractivity contribution in [2.45, 2.75) is 25.7 Å². The second kappa shape index (κ2) is 10.4. The van der Waals surface area contributed by atoms with Crippen LogP contribution < -0.4 is 5.73 Å². The third-order valence-electron chi connectivity index (χ3n) is 6.27. The van der Waals surface area contributed by atoms with Crippen molar-refractivity contribution in [3.8, 4) is 5.75 Å². The number of amides is 1. The van der Waals surface area contributed by atoms with Crippen molar-refractivity contribution >= 4 is 39.0 Å². The van der Waals surface area contributed by atoms with E-state index in [1.807, 2.05) is 23.1 Å². The fourth-order valence-electron chi connectivity index (χ4n) is 4.33. The van der Waals surface area contributed by atoms with Gasteiger partial charge < -0.3 is 20.5 Å². The van der Waals surface area contributed by atoms with E-state index in [-0.39, 0.29) is 17.6 Å². The third kappa shape index (κ3) is 5.30. The summed E-state index contributed by atoms with van der Waals surface area (Å²) in [7, 11) is 0. The predicted octanol–water partition coefficient (Wildman–Crippen LogP) is 3.49. The molecule has 1 unspecified atom stereocenters. The van der Waals surface area contributed by atoms with Crippen molar-refractivity contribution in [2.24, 2.45) is 27.6 Å². The third-order valence-corrected chi connectivity index (χ3v) is 6.99. The van der Waals surface area contributed by atoms with Gasteiger partial charge in [-0.1, -0.05) is 12.1 Å². The van der Waals surface area contributed by atoms with Gasteiger partial charge in [0.15, 0.2) is 0 Å². The average molecular weight is 501 g/mol. The van der Waals surface area contributed by atoms with Crippen LogP contribution in [0.5, 0.6) is 5.75 Å². The molecule has 170 valence electrons. The van der Waals surface area contributed by atoms with Gasteiger partial charge in [-0.15, -0.1) is 0 Å². The number of nitrogens with zero attached hydrogens (tertiary/aromatic N) is 3. The SMILES string of the molecule is NC=C(Br)C1=NC(c2ccccc2O)=CC(=NCC2CCN(C(=O)C3CCOC3)CC2)C1. The molecule has 2 saturated heterocycles. The Balaban J connectivity index is 1.42. The first kappa shape index (κ1) is 22.7. The Morgan fingerprint density at radius 1 is 1.31 bits per heavy atom. The summed E-state index contributed by atoms with van der Waals surface area (Å²) in [4.78, 5) is 24.2. The Bertz CT molecular complexity index is 971. The van der Waals surface area contributed by atoms with Crippen molar-refractivity contribution in [1.82, 2.24) is 4.90 Å². The minimum Gasteiger partial charge on any atom is -0.507 e. The lowest BCUT2D eigenvalue weighted by atomic mass is 9.95. The van der Waals surface area contributed by atoms with Crippen LogP contribution in [-0.4, -0.2) is 60.2 Å². The minimum atomic E-state index is 0.0405. The molecular weight excluding hydrogens is 472 g/mol. The van der Waals surface area contributed by atoms with Crippen LogP contribution in [0.3, 0.4) is 0 Å². The molecule has 1 aromatic carbocycles. The number of phenolic OH excluding ortho intramolecular Hbond substituents is 1. The van der Waals surface area contributed by atoms with E-state index in [9.17, 15) is 9.90 Å². The zero-order chi connectivity index (χ0) is 22.5. The molecule has 0 aromatic heterocycles. The second-order valence-electron chi connectivity index (χ2n) is 8.46. The number of carbonyl (C=O) groups excluding carboxylic acids is 1. The van der Waals surface area contributed by atoms with Gasteiger partial charge in [-0.2, -0.15) is 0 Å². The van der Waals surface area contributed by atoms with Gasteiger partial charge in [0.2, 0.25) is 5.91 Å². The second-order valence-corrected chi connectivity index (χ2v) is 9.31. The lowest BCUT2D eigenvalue weighted by Gasteiger charge is -2.33. The van der Waals surface area contributed by atoms with E-state index in [0.29, 0.717) is 47.8 Å². The Morgan fingerprint density at radius 2 is 2.09 bits per heavy atom. The fraction of sp³-hybridized carbons (Fsp3) is 0.458. The van der Waals surface area contributed by atoms with Crippen LogP contribution in [-0.2, 0) is 9.53 Å². The van der Waals surface area contributed by atoms with Crippen LogP contribution in [0.2, 0.25) is 0 Å². The predicted molar refractivity (Wildman–Crippen MR) is 130 cm³/mol. The maximum absolute atomic E-state index is 12.6. The number of phenols is 1.